The van der Waals surface area contributed by atoms with Crippen LogP contribution in [0, 0.1) is 6.92 Å². The van der Waals surface area contributed by atoms with Crippen molar-refractivity contribution in [2.45, 2.75) is 13.0 Å². The quantitative estimate of drug-likeness (QED) is 0.702. The van der Waals surface area contributed by atoms with Gasteiger partial charge in [0.05, 0.1) is 6.10 Å². The van der Waals surface area contributed by atoms with Crippen molar-refractivity contribution in [3.8, 4) is 0 Å². The molecule has 0 aliphatic carbocycles. The van der Waals surface area contributed by atoms with E-state index in [1.165, 1.54) is 18.2 Å². The van der Waals surface area contributed by atoms with Crippen LogP contribution in [0.1, 0.15) is 15.9 Å². The first kappa shape index (κ1) is 19.5. The zero-order valence-electron chi connectivity index (χ0n) is 13.5. The van der Waals surface area contributed by atoms with E-state index in [-0.39, 0.29) is 22.9 Å². The molecule has 0 spiro atoms. The van der Waals surface area contributed by atoms with Gasteiger partial charge in [-0.05, 0) is 36.8 Å². The third-order valence-electron chi connectivity index (χ3n) is 3.51. The highest BCUT2D eigenvalue weighted by Crippen LogP contribution is 2.20. The minimum atomic E-state index is -2.71. The number of amides is 1. The van der Waals surface area contributed by atoms with Crippen LogP contribution in [0.4, 0.5) is 5.69 Å². The van der Waals surface area contributed by atoms with Gasteiger partial charge in [0.15, 0.2) is 5.30 Å². The van der Waals surface area contributed by atoms with Crippen molar-refractivity contribution >= 4 is 36.5 Å². The summed E-state index contributed by atoms with van der Waals surface area (Å²) in [6.07, 6.45) is -0.0463. The van der Waals surface area contributed by atoms with Crippen LogP contribution < -0.4 is 20.8 Å². The SMILES string of the molecule is Cc1ccc(NC(=O)c2cccc([P+](=O)[O-])c2)cc1Cl.OC1CNC1. The second-order valence-corrected chi connectivity index (χ2v) is 6.98. The second kappa shape index (κ2) is 9.04. The van der Waals surface area contributed by atoms with Crippen molar-refractivity contribution in [2.75, 3.05) is 18.4 Å². The zero-order chi connectivity index (χ0) is 18.4. The fourth-order valence-corrected chi connectivity index (χ4v) is 2.54. The van der Waals surface area contributed by atoms with E-state index in [2.05, 4.69) is 10.6 Å². The lowest BCUT2D eigenvalue weighted by molar-refractivity contribution is -0.160. The molecular weight excluding hydrogens is 363 g/mol. The number of halogens is 1. The van der Waals surface area contributed by atoms with E-state index in [1.54, 1.807) is 24.3 Å². The average molecular weight is 381 g/mol. The highest BCUT2D eigenvalue weighted by Gasteiger charge is 2.12. The number of β-amino-alcohol motifs (C(OH)–C–C–N with tert-alkyl or cyclic N) is 1. The molecule has 25 heavy (non-hydrogen) atoms. The maximum Gasteiger partial charge on any atom is 0.348 e. The highest BCUT2D eigenvalue weighted by atomic mass is 35.5. The molecule has 0 bridgehead atoms. The van der Waals surface area contributed by atoms with Crippen molar-refractivity contribution in [1.82, 2.24) is 5.32 Å². The lowest BCUT2D eigenvalue weighted by Gasteiger charge is -2.20. The molecule has 1 heterocycles. The van der Waals surface area contributed by atoms with E-state index < -0.39 is 8.03 Å². The van der Waals surface area contributed by atoms with Crippen molar-refractivity contribution in [3.05, 3.63) is 58.6 Å². The molecule has 1 fully saturated rings. The fourth-order valence-electron chi connectivity index (χ4n) is 1.91. The Labute approximate surface area is 151 Å². The Hall–Kier alpha value is -1.82. The molecule has 0 radical (unpaired) electrons. The number of nitrogens with one attached hydrogen (secondary N) is 2. The van der Waals surface area contributed by atoms with Gasteiger partial charge in [0.25, 0.3) is 5.91 Å². The second-order valence-electron chi connectivity index (χ2n) is 5.54. The predicted molar refractivity (Wildman–Crippen MR) is 96.7 cm³/mol. The minimum absolute atomic E-state index is 0.0463. The molecule has 2 aromatic rings. The van der Waals surface area contributed by atoms with Crippen molar-refractivity contribution in [2.24, 2.45) is 0 Å². The highest BCUT2D eigenvalue weighted by molar-refractivity contribution is 7.45. The molecule has 1 unspecified atom stereocenters. The molecule has 1 aliphatic rings. The fraction of sp³-hybridized carbons (Fsp3) is 0.235. The van der Waals surface area contributed by atoms with Crippen LogP contribution in [0.15, 0.2) is 42.5 Å². The Morgan fingerprint density at radius 3 is 2.52 bits per heavy atom. The predicted octanol–water partition coefficient (Wildman–Crippen LogP) is 1.58. The first-order chi connectivity index (χ1) is 11.9. The molecule has 1 aliphatic heterocycles. The Kier molecular flexibility index (Phi) is 7.05. The molecule has 3 N–H and O–H groups in total. The molecule has 6 nitrogen and oxygen atoms in total. The number of aryl methyl sites for hydroxylation is 1. The van der Waals surface area contributed by atoms with Gasteiger partial charge < -0.3 is 20.6 Å². The molecule has 0 saturated carbocycles. The maximum atomic E-state index is 12.0. The van der Waals surface area contributed by atoms with Gasteiger partial charge in [-0.25, -0.2) is 0 Å². The zero-order valence-corrected chi connectivity index (χ0v) is 15.2. The van der Waals surface area contributed by atoms with E-state index in [1.807, 2.05) is 6.92 Å². The molecule has 2 aromatic carbocycles. The van der Waals surface area contributed by atoms with E-state index in [4.69, 9.17) is 16.7 Å². The maximum absolute atomic E-state index is 12.0. The summed E-state index contributed by atoms with van der Waals surface area (Å²) in [7, 11) is -2.71. The van der Waals surface area contributed by atoms with Gasteiger partial charge in [-0.1, -0.05) is 28.3 Å². The number of anilines is 1. The number of hydrogen-bond acceptors (Lipinski definition) is 5. The molecular formula is C17H18ClN2O4P. The molecule has 1 atom stereocenters. The standard InChI is InChI=1S/C14H11ClNO3P.C3H7NO/c1-9-5-6-11(8-13(9)15)16-14(17)10-3-2-4-12(7-10)20(18)19;5-3-1-4-2-3/h2-8H,1H3,(H,16,17);3-5H,1-2H2. The summed E-state index contributed by atoms with van der Waals surface area (Å²) in [5, 5.41) is 14.6. The first-order valence-electron chi connectivity index (χ1n) is 7.57. The van der Waals surface area contributed by atoms with Gasteiger partial charge in [-0.3, -0.25) is 4.79 Å². The summed E-state index contributed by atoms with van der Waals surface area (Å²) in [6, 6.07) is 11.0. The lowest BCUT2D eigenvalue weighted by Crippen LogP contribution is -2.46. The summed E-state index contributed by atoms with van der Waals surface area (Å²) in [5.41, 5.74) is 1.75. The molecule has 8 heteroatoms. The van der Waals surface area contributed by atoms with Crippen LogP contribution in [0.25, 0.3) is 0 Å². The van der Waals surface area contributed by atoms with E-state index in [9.17, 15) is 14.3 Å². The van der Waals surface area contributed by atoms with Gasteiger partial charge in [0.2, 0.25) is 0 Å². The Bertz CT molecular complexity index is 781. The van der Waals surface area contributed by atoms with Crippen molar-refractivity contribution in [1.29, 1.82) is 0 Å². The van der Waals surface area contributed by atoms with Gasteiger partial charge in [-0.2, -0.15) is 0 Å². The van der Waals surface area contributed by atoms with Gasteiger partial charge >= 0.3 is 8.03 Å². The third-order valence-corrected chi connectivity index (χ3v) is 4.62. The number of rotatable bonds is 3. The number of hydrogen-bond donors (Lipinski definition) is 3. The summed E-state index contributed by atoms with van der Waals surface area (Å²) in [4.78, 5) is 22.9. The Morgan fingerprint density at radius 1 is 1.32 bits per heavy atom. The normalized spacial score (nSPS) is 14.0. The summed E-state index contributed by atoms with van der Waals surface area (Å²) < 4.78 is 10.9. The Balaban J connectivity index is 0.000000386. The van der Waals surface area contributed by atoms with Crippen LogP contribution in [-0.4, -0.2) is 30.2 Å². The number of carbonyl (C=O) groups is 1. The lowest BCUT2D eigenvalue weighted by atomic mass is 10.2. The van der Waals surface area contributed by atoms with Gasteiger partial charge in [0, 0.05) is 35.4 Å². The monoisotopic (exact) mass is 380 g/mol. The van der Waals surface area contributed by atoms with Crippen LogP contribution in [-0.2, 0) is 4.57 Å². The average Bonchev–Trinajstić information content (AvgIpc) is 2.57. The van der Waals surface area contributed by atoms with E-state index in [0.29, 0.717) is 10.7 Å². The van der Waals surface area contributed by atoms with Crippen molar-refractivity contribution in [3.63, 3.8) is 0 Å². The number of aliphatic hydroxyl groups is 1. The van der Waals surface area contributed by atoms with E-state index >= 15 is 0 Å². The van der Waals surface area contributed by atoms with Gasteiger partial charge in [-0.15, -0.1) is 0 Å². The number of benzene rings is 2. The van der Waals surface area contributed by atoms with Crippen LogP contribution in [0.5, 0.6) is 0 Å². The number of aliphatic hydroxyl groups excluding tert-OH is 1. The van der Waals surface area contributed by atoms with Crippen LogP contribution in [0.3, 0.4) is 0 Å². The molecule has 3 rings (SSSR count). The van der Waals surface area contributed by atoms with Crippen molar-refractivity contribution < 1.29 is 19.4 Å². The first-order valence-corrected chi connectivity index (χ1v) is 9.13. The van der Waals surface area contributed by atoms with Crippen LogP contribution >= 0.6 is 19.6 Å². The molecule has 132 valence electrons. The third kappa shape index (κ3) is 5.88. The van der Waals surface area contributed by atoms with E-state index in [0.717, 1.165) is 18.7 Å². The Morgan fingerprint density at radius 2 is 2.00 bits per heavy atom. The number of carbonyl (C=O) groups excluding carboxylic acids is 1. The smallest absolute Gasteiger partial charge is 0.348 e. The summed E-state index contributed by atoms with van der Waals surface area (Å²) in [6.45, 7) is 3.45. The summed E-state index contributed by atoms with van der Waals surface area (Å²) >= 11 is 5.98. The van der Waals surface area contributed by atoms with Crippen LogP contribution in [0.2, 0.25) is 5.02 Å². The largest absolute Gasteiger partial charge is 0.591 e. The van der Waals surface area contributed by atoms with Gasteiger partial charge in [0.1, 0.15) is 0 Å². The molecule has 0 aromatic heterocycles. The minimum Gasteiger partial charge on any atom is -0.591 e. The summed E-state index contributed by atoms with van der Waals surface area (Å²) in [5.74, 6) is -0.386. The molecule has 1 saturated heterocycles. The topological polar surface area (TPSA) is 101 Å². The molecule has 1 amide bonds.